The van der Waals surface area contributed by atoms with E-state index in [-0.39, 0.29) is 68.0 Å². The summed E-state index contributed by atoms with van der Waals surface area (Å²) < 4.78 is 12.0. The van der Waals surface area contributed by atoms with Crippen LogP contribution in [0.15, 0.2) is 73.1 Å². The summed E-state index contributed by atoms with van der Waals surface area (Å²) in [5, 5.41) is 63.3. The predicted molar refractivity (Wildman–Crippen MR) is 282 cm³/mol. The van der Waals surface area contributed by atoms with Crippen LogP contribution in [0, 0.1) is 0 Å². The number of aromatic nitrogens is 6. The van der Waals surface area contributed by atoms with E-state index in [1.807, 2.05) is 48.8 Å². The summed E-state index contributed by atoms with van der Waals surface area (Å²) in [5.41, 5.74) is 6.86. The highest BCUT2D eigenvalue weighted by atomic mass is 35.5. The Hall–Kier alpha value is -5.19. The van der Waals surface area contributed by atoms with Gasteiger partial charge in [0.15, 0.2) is 17.1 Å². The summed E-state index contributed by atoms with van der Waals surface area (Å²) in [6.07, 6.45) is 7.41. The molecule has 388 valence electrons. The molecule has 0 radical (unpaired) electrons. The van der Waals surface area contributed by atoms with Gasteiger partial charge in [-0.2, -0.15) is 0 Å². The summed E-state index contributed by atoms with van der Waals surface area (Å²) in [7, 11) is 0. The number of aliphatic hydroxyl groups is 4. The Labute approximate surface area is 431 Å². The Balaban J connectivity index is 0.00000347. The highest BCUT2D eigenvalue weighted by Crippen LogP contribution is 2.42. The van der Waals surface area contributed by atoms with Crippen LogP contribution >= 0.6 is 24.8 Å². The number of benzene rings is 2. The number of hydrogen-bond donors (Lipinski definition) is 8. The van der Waals surface area contributed by atoms with Gasteiger partial charge in [-0.3, -0.25) is 24.8 Å². The van der Waals surface area contributed by atoms with E-state index in [1.165, 1.54) is 0 Å². The summed E-state index contributed by atoms with van der Waals surface area (Å²) in [5.74, 6) is 0.919. The number of ether oxygens (including phenoxy) is 2. The molecule has 0 bridgehead atoms. The lowest BCUT2D eigenvalue weighted by atomic mass is 9.90. The number of aromatic amines is 2. The molecular formula is C51H68Cl2N12O7. The Kier molecular flexibility index (Phi) is 18.2. The number of ketones is 1. The summed E-state index contributed by atoms with van der Waals surface area (Å²) in [4.78, 5) is 34.8. The van der Waals surface area contributed by atoms with Gasteiger partial charge >= 0.3 is 0 Å². The fraction of sp³-hybridized carbons (Fsp3) is 0.510. The van der Waals surface area contributed by atoms with Crippen molar-refractivity contribution in [1.29, 1.82) is 0 Å². The number of Topliss-reactive ketones (excluding diaryl/α,β-unsaturated/α-hetero) is 1. The van der Waals surface area contributed by atoms with Gasteiger partial charge in [0.1, 0.15) is 36.2 Å². The van der Waals surface area contributed by atoms with E-state index in [9.17, 15) is 20.4 Å². The molecule has 10 rings (SSSR count). The smallest absolute Gasteiger partial charge is 0.244 e. The van der Waals surface area contributed by atoms with E-state index in [1.54, 1.807) is 0 Å². The zero-order chi connectivity index (χ0) is 48.0. The maximum Gasteiger partial charge on any atom is 0.244 e. The van der Waals surface area contributed by atoms with E-state index in [0.29, 0.717) is 86.2 Å². The van der Waals surface area contributed by atoms with Crippen LogP contribution in [0.1, 0.15) is 38.5 Å². The van der Waals surface area contributed by atoms with E-state index >= 15 is 4.79 Å². The van der Waals surface area contributed by atoms with Crippen molar-refractivity contribution < 1.29 is 34.7 Å². The first-order chi connectivity index (χ1) is 34.4. The fourth-order valence-electron chi connectivity index (χ4n) is 11.0. The van der Waals surface area contributed by atoms with Gasteiger partial charge in [0.2, 0.25) is 11.8 Å². The van der Waals surface area contributed by atoms with Crippen LogP contribution in [0.25, 0.3) is 44.3 Å². The molecule has 8 N–H and O–H groups in total. The van der Waals surface area contributed by atoms with Gasteiger partial charge in [-0.1, -0.05) is 60.7 Å². The van der Waals surface area contributed by atoms with Crippen molar-refractivity contribution in [2.24, 2.45) is 0 Å². The maximum atomic E-state index is 15.8. The van der Waals surface area contributed by atoms with Gasteiger partial charge < -0.3 is 50.3 Å². The average Bonchev–Trinajstić information content (AvgIpc) is 4.27. The number of aliphatic hydroxyl groups excluding tert-OH is 4. The summed E-state index contributed by atoms with van der Waals surface area (Å²) in [6.45, 7) is 6.12. The van der Waals surface area contributed by atoms with Crippen LogP contribution in [0.4, 0.5) is 11.4 Å². The molecule has 4 aliphatic heterocycles. The third kappa shape index (κ3) is 11.6. The van der Waals surface area contributed by atoms with Crippen molar-refractivity contribution >= 4 is 64.0 Å². The number of fused-ring (bicyclic) bond motifs is 2. The molecule has 0 amide bonds. The highest BCUT2D eigenvalue weighted by Gasteiger charge is 2.41. The molecule has 21 heteroatoms. The molecule has 6 atom stereocenters. The first-order valence-electron chi connectivity index (χ1n) is 25.0. The van der Waals surface area contributed by atoms with Crippen molar-refractivity contribution in [3.63, 3.8) is 0 Å². The van der Waals surface area contributed by atoms with Crippen LogP contribution in [-0.2, 0) is 4.79 Å². The number of H-pyrrole nitrogens is 2. The van der Waals surface area contributed by atoms with Crippen LogP contribution < -0.4 is 29.9 Å². The Bertz CT molecular complexity index is 2480. The second-order valence-corrected chi connectivity index (χ2v) is 19.1. The number of rotatable bonds is 20. The lowest BCUT2D eigenvalue weighted by Crippen LogP contribution is -2.60. The lowest BCUT2D eigenvalue weighted by molar-refractivity contribution is -0.131. The number of anilines is 2. The maximum absolute atomic E-state index is 15.8. The van der Waals surface area contributed by atoms with Crippen molar-refractivity contribution in [1.82, 2.24) is 50.8 Å². The number of nitrogens with zero attached hydrogens (tertiary/aromatic N) is 8. The van der Waals surface area contributed by atoms with Crippen LogP contribution in [0.2, 0.25) is 0 Å². The Morgan fingerprint density at radius 1 is 0.611 bits per heavy atom. The third-order valence-electron chi connectivity index (χ3n) is 14.6. The summed E-state index contributed by atoms with van der Waals surface area (Å²) >= 11 is 0. The number of carbonyl (C=O) groups excluding carboxylic acids is 1. The molecule has 2 unspecified atom stereocenters. The van der Waals surface area contributed by atoms with Crippen molar-refractivity contribution in [2.45, 2.75) is 74.9 Å². The lowest BCUT2D eigenvalue weighted by Gasteiger charge is -2.45. The summed E-state index contributed by atoms with van der Waals surface area (Å²) in [6, 6.07) is 20.2. The van der Waals surface area contributed by atoms with Gasteiger partial charge in [-0.15, -0.1) is 35.0 Å². The number of hydrogen-bond acceptors (Lipinski definition) is 17. The molecule has 19 nitrogen and oxygen atoms in total. The van der Waals surface area contributed by atoms with Gasteiger partial charge in [0, 0.05) is 88.0 Å². The number of piperazine rings is 2. The normalized spacial score (nSPS) is 20.5. The van der Waals surface area contributed by atoms with E-state index in [4.69, 9.17) is 19.4 Å². The molecule has 0 saturated carbocycles. The zero-order valence-corrected chi connectivity index (χ0v) is 42.1. The van der Waals surface area contributed by atoms with Crippen LogP contribution in [0.5, 0.6) is 11.8 Å². The van der Waals surface area contributed by atoms with Crippen LogP contribution in [0.3, 0.4) is 0 Å². The second kappa shape index (κ2) is 24.7. The van der Waals surface area contributed by atoms with Gasteiger partial charge in [-0.05, 0) is 62.7 Å². The van der Waals surface area contributed by atoms with Gasteiger partial charge in [-0.25, -0.2) is 9.97 Å². The third-order valence-corrected chi connectivity index (χ3v) is 14.6. The molecule has 4 fully saturated rings. The minimum atomic E-state index is -1.06. The van der Waals surface area contributed by atoms with Crippen LogP contribution in [-0.4, -0.2) is 195 Å². The Morgan fingerprint density at radius 3 is 1.38 bits per heavy atom. The number of nitrogens with one attached hydrogen (secondary N) is 4. The fourth-order valence-corrected chi connectivity index (χ4v) is 11.0. The average molecular weight is 1030 g/mol. The quantitative estimate of drug-likeness (QED) is 0.0547. The number of halogens is 2. The first kappa shape index (κ1) is 53.1. The predicted octanol–water partition coefficient (Wildman–Crippen LogP) is 3.41. The Morgan fingerprint density at radius 2 is 1.01 bits per heavy atom. The first-order valence-corrected chi connectivity index (χ1v) is 25.0. The minimum absolute atomic E-state index is 0. The molecule has 0 spiro atoms. The standard InChI is InChI=1S/C51H66N12O7.2ClH/c64-29-37(66)31-69-50-43-45(39(27-54-48(43)56-58-50)33-9-3-1-4-10-33)62-21-17-60(18-22-62)41(25-35-13-7-15-52-35)47(68)42(26-36-14-8-16-53-36)61-19-23-63(24-20-61)46-40(34-11-5-2-6-12-34)28-55-49-44(46)51(59-57-49)70-32-38(67)30-65;;/h1-6,9-12,27-28,35-38,41-42,52-53,64-67H,7-8,13-26,29-32H2,(H,54,56,58)(H,55,57,59);2*1H/t35-,36-,37-,38-,41?,42?;;/m0../s1. The van der Waals surface area contributed by atoms with Gasteiger partial charge in [0.25, 0.3) is 0 Å². The molecule has 0 aliphatic carbocycles. The SMILES string of the molecule is Cl.Cl.O=C(C(C[C@@H]1CCCN1)N1CCN(c2c(-c3ccccc3)cnc3[nH]nc(OC[C@@H](O)CO)c23)CC1)C(C[C@@H]1CCCN1)N1CCN(c2c(-c3ccccc3)cnc3[nH]nc(OC[C@@H](O)CO)c23)CC1. The van der Waals surface area contributed by atoms with E-state index in [2.05, 4.69) is 74.9 Å². The highest BCUT2D eigenvalue weighted by molar-refractivity contribution is 6.03. The van der Waals surface area contributed by atoms with Crippen molar-refractivity contribution in [3.05, 3.63) is 73.1 Å². The molecule has 2 aromatic carbocycles. The number of pyridine rings is 2. The molecule has 6 aromatic rings. The van der Waals surface area contributed by atoms with Crippen molar-refractivity contribution in [3.8, 4) is 34.0 Å². The van der Waals surface area contributed by atoms with E-state index < -0.39 is 25.4 Å². The minimum Gasteiger partial charge on any atom is -0.473 e. The second-order valence-electron chi connectivity index (χ2n) is 19.1. The van der Waals surface area contributed by atoms with E-state index in [0.717, 1.165) is 85.2 Å². The molecular weight excluding hydrogens is 964 g/mol. The molecule has 4 saturated heterocycles. The number of carbonyl (C=O) groups is 1. The molecule has 8 heterocycles. The van der Waals surface area contributed by atoms with Crippen molar-refractivity contribution in [2.75, 3.05) is 102 Å². The largest absolute Gasteiger partial charge is 0.473 e. The monoisotopic (exact) mass is 1030 g/mol. The molecule has 72 heavy (non-hydrogen) atoms. The topological polar surface area (TPSA) is 237 Å². The molecule has 4 aromatic heterocycles. The van der Waals surface area contributed by atoms with Gasteiger partial charge in [0.05, 0.1) is 36.7 Å². The molecule has 4 aliphatic rings. The zero-order valence-electron chi connectivity index (χ0n) is 40.4.